The van der Waals surface area contributed by atoms with Crippen LogP contribution in [0.3, 0.4) is 0 Å². The molecule has 1 heterocycles. The minimum atomic E-state index is -0.505. The highest BCUT2D eigenvalue weighted by atomic mass is 35.5. The van der Waals surface area contributed by atoms with Crippen LogP contribution in [-0.2, 0) is 9.53 Å². The van der Waals surface area contributed by atoms with E-state index >= 15 is 0 Å². The van der Waals surface area contributed by atoms with Gasteiger partial charge in [0, 0.05) is 24.0 Å². The van der Waals surface area contributed by atoms with Crippen molar-refractivity contribution in [1.82, 2.24) is 10.2 Å². The molecular weight excluding hydrogens is 356 g/mol. The summed E-state index contributed by atoms with van der Waals surface area (Å²) in [7, 11) is 0. The monoisotopic (exact) mass is 382 g/mol. The van der Waals surface area contributed by atoms with Gasteiger partial charge in [0.05, 0.1) is 6.54 Å². The number of nitrogens with one attached hydrogen (secondary N) is 1. The molecule has 0 atom stereocenters. The molecule has 0 unspecified atom stereocenters. The summed E-state index contributed by atoms with van der Waals surface area (Å²) in [4.78, 5) is 25.9. The molecule has 0 aliphatic carbocycles. The normalized spacial score (nSPS) is 15.5. The molecule has 0 bridgehead atoms. The fourth-order valence-electron chi connectivity index (χ4n) is 2.67. The van der Waals surface area contributed by atoms with E-state index in [-0.39, 0.29) is 17.9 Å². The summed E-state index contributed by atoms with van der Waals surface area (Å²) in [6.45, 7) is 7.44. The summed E-state index contributed by atoms with van der Waals surface area (Å²) >= 11 is 5.82. The summed E-state index contributed by atoms with van der Waals surface area (Å²) in [6.07, 6.45) is 0.972. The standard InChI is InChI=1S/C19H27ClN2O4/c1-19(2,3)26-18(24)22-11-8-14(9-12-22)17(23)21-10-13-25-16-6-4-15(20)5-7-16/h4-7,14H,8-13H2,1-3H3,(H,21,23). The van der Waals surface area contributed by atoms with Gasteiger partial charge in [-0.15, -0.1) is 0 Å². The third-order valence-electron chi connectivity index (χ3n) is 4.00. The average molecular weight is 383 g/mol. The summed E-state index contributed by atoms with van der Waals surface area (Å²) in [6, 6.07) is 7.09. The zero-order valence-corrected chi connectivity index (χ0v) is 16.3. The number of likely N-dealkylation sites (tertiary alicyclic amines) is 1. The number of amides is 2. The van der Waals surface area contributed by atoms with Crippen LogP contribution in [0, 0.1) is 5.92 Å². The van der Waals surface area contributed by atoms with Crippen LogP contribution in [0.5, 0.6) is 5.75 Å². The van der Waals surface area contributed by atoms with Gasteiger partial charge < -0.3 is 19.7 Å². The minimum Gasteiger partial charge on any atom is -0.492 e. The van der Waals surface area contributed by atoms with Gasteiger partial charge in [-0.25, -0.2) is 4.79 Å². The number of nitrogens with zero attached hydrogens (tertiary/aromatic N) is 1. The largest absolute Gasteiger partial charge is 0.492 e. The molecule has 1 aromatic rings. The van der Waals surface area contributed by atoms with Gasteiger partial charge in [-0.1, -0.05) is 11.6 Å². The Labute approximate surface area is 159 Å². The van der Waals surface area contributed by atoms with E-state index in [1.165, 1.54) is 0 Å². The molecule has 2 amide bonds. The molecule has 1 N–H and O–H groups in total. The van der Waals surface area contributed by atoms with Crippen molar-refractivity contribution in [2.24, 2.45) is 5.92 Å². The Hall–Kier alpha value is -1.95. The van der Waals surface area contributed by atoms with Gasteiger partial charge in [0.15, 0.2) is 0 Å². The first kappa shape index (κ1) is 20.4. The fourth-order valence-corrected chi connectivity index (χ4v) is 2.79. The molecule has 7 heteroatoms. The molecule has 1 fully saturated rings. The summed E-state index contributed by atoms with van der Waals surface area (Å²) < 4.78 is 10.9. The van der Waals surface area contributed by atoms with Crippen molar-refractivity contribution in [1.29, 1.82) is 0 Å². The SMILES string of the molecule is CC(C)(C)OC(=O)N1CCC(C(=O)NCCOc2ccc(Cl)cc2)CC1. The number of halogens is 1. The molecule has 2 rings (SSSR count). The Bertz CT molecular complexity index is 605. The Morgan fingerprint density at radius 3 is 2.38 bits per heavy atom. The van der Waals surface area contributed by atoms with Gasteiger partial charge in [-0.3, -0.25) is 4.79 Å². The Kier molecular flexibility index (Phi) is 7.14. The topological polar surface area (TPSA) is 67.9 Å². The van der Waals surface area contributed by atoms with Crippen molar-refractivity contribution >= 4 is 23.6 Å². The van der Waals surface area contributed by atoms with E-state index in [1.54, 1.807) is 29.2 Å². The van der Waals surface area contributed by atoms with Gasteiger partial charge in [0.1, 0.15) is 18.0 Å². The number of piperidine rings is 1. The second-order valence-corrected chi connectivity index (χ2v) is 7.77. The number of carbonyl (C=O) groups is 2. The maximum Gasteiger partial charge on any atom is 0.410 e. The first-order valence-corrected chi connectivity index (χ1v) is 9.26. The lowest BCUT2D eigenvalue weighted by Gasteiger charge is -2.32. The number of carbonyl (C=O) groups excluding carboxylic acids is 2. The van der Waals surface area contributed by atoms with Crippen molar-refractivity contribution < 1.29 is 19.1 Å². The molecule has 1 aliphatic heterocycles. The van der Waals surface area contributed by atoms with E-state index in [0.29, 0.717) is 49.9 Å². The summed E-state index contributed by atoms with van der Waals surface area (Å²) in [5.41, 5.74) is -0.505. The third-order valence-corrected chi connectivity index (χ3v) is 4.25. The van der Waals surface area contributed by atoms with Gasteiger partial charge in [0.2, 0.25) is 5.91 Å². The van der Waals surface area contributed by atoms with Crippen LogP contribution < -0.4 is 10.1 Å². The highest BCUT2D eigenvalue weighted by Crippen LogP contribution is 2.20. The quantitative estimate of drug-likeness (QED) is 0.791. The van der Waals surface area contributed by atoms with Crippen molar-refractivity contribution in [2.45, 2.75) is 39.2 Å². The predicted molar refractivity (Wildman–Crippen MR) is 100 cm³/mol. The molecule has 1 aromatic carbocycles. The van der Waals surface area contributed by atoms with E-state index in [4.69, 9.17) is 21.1 Å². The molecule has 0 radical (unpaired) electrons. The molecule has 0 saturated carbocycles. The third kappa shape index (κ3) is 6.75. The zero-order chi connectivity index (χ0) is 19.2. The number of benzene rings is 1. The van der Waals surface area contributed by atoms with Crippen LogP contribution in [0.25, 0.3) is 0 Å². The first-order chi connectivity index (χ1) is 12.2. The van der Waals surface area contributed by atoms with Crippen LogP contribution in [0.15, 0.2) is 24.3 Å². The minimum absolute atomic E-state index is 0.00791. The Morgan fingerprint density at radius 1 is 1.19 bits per heavy atom. The molecule has 1 aliphatic rings. The van der Waals surface area contributed by atoms with Crippen molar-refractivity contribution in [3.8, 4) is 5.75 Å². The lowest BCUT2D eigenvalue weighted by molar-refractivity contribution is -0.126. The predicted octanol–water partition coefficient (Wildman–Crippen LogP) is 3.48. The molecule has 26 heavy (non-hydrogen) atoms. The van der Waals surface area contributed by atoms with E-state index in [0.717, 1.165) is 0 Å². The number of ether oxygens (including phenoxy) is 2. The number of hydrogen-bond acceptors (Lipinski definition) is 4. The molecule has 0 spiro atoms. The van der Waals surface area contributed by atoms with Crippen LogP contribution in [0.2, 0.25) is 5.02 Å². The summed E-state index contributed by atoms with van der Waals surface area (Å²) in [5, 5.41) is 3.55. The molecule has 0 aromatic heterocycles. The Morgan fingerprint density at radius 2 is 1.81 bits per heavy atom. The van der Waals surface area contributed by atoms with E-state index in [1.807, 2.05) is 20.8 Å². The van der Waals surface area contributed by atoms with E-state index in [2.05, 4.69) is 5.32 Å². The average Bonchev–Trinajstić information content (AvgIpc) is 2.59. The number of rotatable bonds is 5. The van der Waals surface area contributed by atoms with Crippen molar-refractivity contribution in [3.05, 3.63) is 29.3 Å². The lowest BCUT2D eigenvalue weighted by atomic mass is 9.96. The number of hydrogen-bond donors (Lipinski definition) is 1. The van der Waals surface area contributed by atoms with Crippen LogP contribution in [-0.4, -0.2) is 48.7 Å². The lowest BCUT2D eigenvalue weighted by Crippen LogP contribution is -2.45. The molecular formula is C19H27ClN2O4. The van der Waals surface area contributed by atoms with Crippen LogP contribution in [0.4, 0.5) is 4.79 Å². The Balaban J connectivity index is 1.65. The van der Waals surface area contributed by atoms with Crippen molar-refractivity contribution in [2.75, 3.05) is 26.2 Å². The maximum atomic E-state index is 12.2. The highest BCUT2D eigenvalue weighted by Gasteiger charge is 2.29. The van der Waals surface area contributed by atoms with Crippen LogP contribution in [0.1, 0.15) is 33.6 Å². The van der Waals surface area contributed by atoms with Crippen molar-refractivity contribution in [3.63, 3.8) is 0 Å². The first-order valence-electron chi connectivity index (χ1n) is 8.88. The zero-order valence-electron chi connectivity index (χ0n) is 15.6. The maximum absolute atomic E-state index is 12.2. The van der Waals surface area contributed by atoms with Gasteiger partial charge >= 0.3 is 6.09 Å². The van der Waals surface area contributed by atoms with Crippen LogP contribution >= 0.6 is 11.6 Å². The fraction of sp³-hybridized carbons (Fsp3) is 0.579. The van der Waals surface area contributed by atoms with E-state index in [9.17, 15) is 9.59 Å². The van der Waals surface area contributed by atoms with Gasteiger partial charge in [0.25, 0.3) is 0 Å². The van der Waals surface area contributed by atoms with Gasteiger partial charge in [-0.05, 0) is 57.9 Å². The molecule has 6 nitrogen and oxygen atoms in total. The second kappa shape index (κ2) is 9.12. The molecule has 1 saturated heterocycles. The smallest absolute Gasteiger partial charge is 0.410 e. The molecule has 144 valence electrons. The highest BCUT2D eigenvalue weighted by molar-refractivity contribution is 6.30. The summed E-state index contributed by atoms with van der Waals surface area (Å²) in [5.74, 6) is 0.645. The van der Waals surface area contributed by atoms with Gasteiger partial charge in [-0.2, -0.15) is 0 Å². The second-order valence-electron chi connectivity index (χ2n) is 7.34. The van der Waals surface area contributed by atoms with E-state index < -0.39 is 5.60 Å².